The average Bonchev–Trinajstić information content (AvgIpc) is 2.43. The van der Waals surface area contributed by atoms with Gasteiger partial charge in [0.1, 0.15) is 0 Å². The van der Waals surface area contributed by atoms with Crippen molar-refractivity contribution < 1.29 is 14.2 Å². The second kappa shape index (κ2) is 14.5. The number of likely N-dealkylation sites (N-methyl/N-ethyl adjacent to an activating group) is 1. The molecule has 1 unspecified atom stereocenters. The van der Waals surface area contributed by atoms with Crippen LogP contribution in [0.1, 0.15) is 26.7 Å². The van der Waals surface area contributed by atoms with Gasteiger partial charge in [-0.15, -0.1) is 11.6 Å². The number of hydrogen-bond donors (Lipinski definition) is 0. The quantitative estimate of drug-likeness (QED) is 0.364. The summed E-state index contributed by atoms with van der Waals surface area (Å²) in [6.45, 7) is 9.30. The Labute approximate surface area is 123 Å². The van der Waals surface area contributed by atoms with Crippen LogP contribution in [0.4, 0.5) is 0 Å². The maximum Gasteiger partial charge on any atom is 0.0701 e. The van der Waals surface area contributed by atoms with E-state index in [-0.39, 0.29) is 0 Å². The molecule has 0 saturated heterocycles. The van der Waals surface area contributed by atoms with Crippen LogP contribution in [-0.4, -0.2) is 70.1 Å². The molecule has 0 saturated carbocycles. The van der Waals surface area contributed by atoms with E-state index in [2.05, 4.69) is 25.8 Å². The molecule has 0 fully saturated rings. The van der Waals surface area contributed by atoms with Crippen molar-refractivity contribution in [1.82, 2.24) is 4.90 Å². The Bertz CT molecular complexity index is 184. The van der Waals surface area contributed by atoms with E-state index in [0.717, 1.165) is 19.6 Å². The van der Waals surface area contributed by atoms with Crippen molar-refractivity contribution in [3.8, 4) is 0 Å². The second-order valence-electron chi connectivity index (χ2n) is 4.67. The van der Waals surface area contributed by atoms with Gasteiger partial charge in [0, 0.05) is 25.1 Å². The number of alkyl halides is 1. The first-order valence-corrected chi connectivity index (χ1v) is 7.75. The fraction of sp³-hybridized carbons (Fsp3) is 1.00. The summed E-state index contributed by atoms with van der Waals surface area (Å²) in [6, 6.07) is 0.391. The van der Waals surface area contributed by atoms with Gasteiger partial charge in [0.15, 0.2) is 0 Å². The van der Waals surface area contributed by atoms with Crippen LogP contribution >= 0.6 is 11.6 Å². The van der Waals surface area contributed by atoms with Crippen molar-refractivity contribution in [1.29, 1.82) is 0 Å². The number of rotatable bonds is 14. The van der Waals surface area contributed by atoms with E-state index in [1.54, 1.807) is 0 Å². The molecule has 0 amide bonds. The maximum atomic E-state index is 5.78. The SMILES string of the molecule is CCCCOCCOCCOCCN(C)C(C)CCl. The summed E-state index contributed by atoms with van der Waals surface area (Å²) in [5.41, 5.74) is 0. The molecule has 0 heterocycles. The largest absolute Gasteiger partial charge is 0.379 e. The Hall–Kier alpha value is 0.130. The molecule has 0 spiro atoms. The van der Waals surface area contributed by atoms with E-state index >= 15 is 0 Å². The highest BCUT2D eigenvalue weighted by atomic mass is 35.5. The van der Waals surface area contributed by atoms with Crippen LogP contribution in [0.5, 0.6) is 0 Å². The molecule has 0 bridgehead atoms. The van der Waals surface area contributed by atoms with Crippen LogP contribution in [0.3, 0.4) is 0 Å². The molecule has 0 aliphatic heterocycles. The first-order valence-electron chi connectivity index (χ1n) is 7.21. The number of ether oxygens (including phenoxy) is 3. The minimum atomic E-state index is 0.391. The molecule has 0 N–H and O–H groups in total. The third-order valence-corrected chi connectivity index (χ3v) is 3.40. The molecule has 0 aliphatic carbocycles. The molecule has 19 heavy (non-hydrogen) atoms. The van der Waals surface area contributed by atoms with Crippen molar-refractivity contribution in [3.05, 3.63) is 0 Å². The van der Waals surface area contributed by atoms with Crippen molar-refractivity contribution in [2.24, 2.45) is 0 Å². The molecular weight excluding hydrogens is 266 g/mol. The Morgan fingerprint density at radius 2 is 1.47 bits per heavy atom. The number of nitrogens with zero attached hydrogens (tertiary/aromatic N) is 1. The Balaban J connectivity index is 3.10. The van der Waals surface area contributed by atoms with E-state index in [0.29, 0.717) is 45.0 Å². The summed E-state index contributed by atoms with van der Waals surface area (Å²) >= 11 is 5.78. The molecule has 4 nitrogen and oxygen atoms in total. The summed E-state index contributed by atoms with van der Waals surface area (Å²) < 4.78 is 16.3. The molecule has 0 aromatic rings. The summed E-state index contributed by atoms with van der Waals surface area (Å²) in [6.07, 6.45) is 2.29. The lowest BCUT2D eigenvalue weighted by molar-refractivity contribution is 0.0102. The zero-order valence-electron chi connectivity index (χ0n) is 12.7. The van der Waals surface area contributed by atoms with Gasteiger partial charge in [-0.25, -0.2) is 0 Å². The lowest BCUT2D eigenvalue weighted by Gasteiger charge is -2.22. The van der Waals surface area contributed by atoms with Gasteiger partial charge in [0.25, 0.3) is 0 Å². The van der Waals surface area contributed by atoms with E-state index < -0.39 is 0 Å². The third kappa shape index (κ3) is 12.9. The normalized spacial score (nSPS) is 13.1. The Kier molecular flexibility index (Phi) is 14.6. The van der Waals surface area contributed by atoms with Gasteiger partial charge in [0.05, 0.1) is 33.0 Å². The molecule has 116 valence electrons. The topological polar surface area (TPSA) is 30.9 Å². The van der Waals surface area contributed by atoms with E-state index in [9.17, 15) is 0 Å². The lowest BCUT2D eigenvalue weighted by atomic mass is 10.3. The zero-order chi connectivity index (χ0) is 14.3. The zero-order valence-corrected chi connectivity index (χ0v) is 13.5. The maximum absolute atomic E-state index is 5.78. The minimum absolute atomic E-state index is 0.391. The molecule has 1 atom stereocenters. The van der Waals surface area contributed by atoms with Gasteiger partial charge in [-0.2, -0.15) is 0 Å². The van der Waals surface area contributed by atoms with Gasteiger partial charge >= 0.3 is 0 Å². The third-order valence-electron chi connectivity index (χ3n) is 2.95. The monoisotopic (exact) mass is 295 g/mol. The summed E-state index contributed by atoms with van der Waals surface area (Å²) in [5.74, 6) is 0.650. The molecule has 0 rings (SSSR count). The van der Waals surface area contributed by atoms with Gasteiger partial charge in [0.2, 0.25) is 0 Å². The van der Waals surface area contributed by atoms with Crippen LogP contribution in [0.25, 0.3) is 0 Å². The van der Waals surface area contributed by atoms with Crippen molar-refractivity contribution in [2.75, 3.05) is 59.1 Å². The highest BCUT2D eigenvalue weighted by Crippen LogP contribution is 1.97. The fourth-order valence-electron chi connectivity index (χ4n) is 1.34. The van der Waals surface area contributed by atoms with Gasteiger partial charge in [-0.3, -0.25) is 0 Å². The van der Waals surface area contributed by atoms with Crippen molar-refractivity contribution in [3.63, 3.8) is 0 Å². The molecule has 5 heteroatoms. The Morgan fingerprint density at radius 3 is 2.00 bits per heavy atom. The molecule has 0 radical (unpaired) electrons. The molecule has 0 aliphatic rings. The first-order chi connectivity index (χ1) is 9.22. The lowest BCUT2D eigenvalue weighted by Crippen LogP contribution is -2.33. The summed E-state index contributed by atoms with van der Waals surface area (Å²) in [7, 11) is 2.06. The summed E-state index contributed by atoms with van der Waals surface area (Å²) in [4.78, 5) is 2.19. The average molecular weight is 296 g/mol. The van der Waals surface area contributed by atoms with Crippen LogP contribution in [0, 0.1) is 0 Å². The summed E-state index contributed by atoms with van der Waals surface area (Å²) in [5, 5.41) is 0. The van der Waals surface area contributed by atoms with E-state index in [1.807, 2.05) is 0 Å². The van der Waals surface area contributed by atoms with Crippen molar-refractivity contribution >= 4 is 11.6 Å². The van der Waals surface area contributed by atoms with Crippen LogP contribution in [0.15, 0.2) is 0 Å². The smallest absolute Gasteiger partial charge is 0.0701 e. The molecule has 0 aromatic heterocycles. The molecular formula is C14H30ClNO3. The van der Waals surface area contributed by atoms with Gasteiger partial charge in [-0.05, 0) is 20.4 Å². The predicted molar refractivity (Wildman–Crippen MR) is 80.2 cm³/mol. The molecule has 0 aromatic carbocycles. The number of unbranched alkanes of at least 4 members (excludes halogenated alkanes) is 1. The van der Waals surface area contributed by atoms with Crippen LogP contribution in [0.2, 0.25) is 0 Å². The van der Waals surface area contributed by atoms with Crippen molar-refractivity contribution in [2.45, 2.75) is 32.7 Å². The highest BCUT2D eigenvalue weighted by Gasteiger charge is 2.06. The predicted octanol–water partition coefficient (Wildman–Crippen LogP) is 2.40. The fourth-order valence-corrected chi connectivity index (χ4v) is 1.57. The standard InChI is InChI=1S/C14H30ClNO3/c1-4-5-7-17-9-11-19-12-10-18-8-6-16(3)14(2)13-15/h14H,4-13H2,1-3H3. The van der Waals surface area contributed by atoms with E-state index in [1.165, 1.54) is 6.42 Å². The van der Waals surface area contributed by atoms with Gasteiger partial charge in [-0.1, -0.05) is 13.3 Å². The number of hydrogen-bond acceptors (Lipinski definition) is 4. The Morgan fingerprint density at radius 1 is 0.947 bits per heavy atom. The minimum Gasteiger partial charge on any atom is -0.379 e. The second-order valence-corrected chi connectivity index (χ2v) is 4.98. The highest BCUT2D eigenvalue weighted by molar-refractivity contribution is 6.18. The number of halogens is 1. The van der Waals surface area contributed by atoms with Gasteiger partial charge < -0.3 is 19.1 Å². The van der Waals surface area contributed by atoms with Crippen LogP contribution < -0.4 is 0 Å². The van der Waals surface area contributed by atoms with E-state index in [4.69, 9.17) is 25.8 Å². The first kappa shape index (κ1) is 19.1. The van der Waals surface area contributed by atoms with Crippen LogP contribution in [-0.2, 0) is 14.2 Å².